The Balaban J connectivity index is 1.73. The number of benzene rings is 2. The van der Waals surface area contributed by atoms with Crippen LogP contribution in [0.2, 0.25) is 0 Å². The topological polar surface area (TPSA) is 89.7 Å². The molecule has 8 heteroatoms. The third-order valence-electron chi connectivity index (χ3n) is 4.35. The molecule has 0 aliphatic carbocycles. The van der Waals surface area contributed by atoms with E-state index in [4.69, 9.17) is 4.74 Å². The minimum absolute atomic E-state index is 0.0824. The van der Waals surface area contributed by atoms with Gasteiger partial charge in [0.05, 0.1) is 4.92 Å². The molecule has 0 fully saturated rings. The number of nitro groups is 1. The molecule has 0 aliphatic rings. The third-order valence-corrected chi connectivity index (χ3v) is 5.37. The highest BCUT2D eigenvalue weighted by Crippen LogP contribution is 2.25. The number of thiophene rings is 1. The standard InChI is InChI=1S/C22H20N2O5S/c1-16(29-22(26)19-12-13-20(30-19)24(27)28)21(25)23(14-17-8-4-2-5-9-17)15-18-10-6-3-7-11-18/h2-13,16H,14-15H2,1H3/t16-/m0/s1. The molecule has 3 aromatic rings. The van der Waals surface area contributed by atoms with Crippen LogP contribution in [0.4, 0.5) is 5.00 Å². The maximum Gasteiger partial charge on any atom is 0.349 e. The molecule has 3 rings (SSSR count). The van der Waals surface area contributed by atoms with Crippen molar-refractivity contribution in [3.8, 4) is 0 Å². The van der Waals surface area contributed by atoms with Crippen molar-refractivity contribution in [3.05, 3.63) is 98.9 Å². The molecule has 1 aromatic heterocycles. The molecule has 2 aromatic carbocycles. The van der Waals surface area contributed by atoms with Gasteiger partial charge in [-0.3, -0.25) is 14.9 Å². The molecule has 154 valence electrons. The summed E-state index contributed by atoms with van der Waals surface area (Å²) in [4.78, 5) is 37.3. The summed E-state index contributed by atoms with van der Waals surface area (Å²) in [5, 5.41) is 10.7. The van der Waals surface area contributed by atoms with Gasteiger partial charge >= 0.3 is 11.0 Å². The predicted octanol–water partition coefficient (Wildman–Crippen LogP) is 4.43. The largest absolute Gasteiger partial charge is 0.448 e. The van der Waals surface area contributed by atoms with Crippen LogP contribution in [0.5, 0.6) is 0 Å². The summed E-state index contributed by atoms with van der Waals surface area (Å²) in [7, 11) is 0. The average Bonchev–Trinajstić information content (AvgIpc) is 3.25. The number of nitrogens with zero attached hydrogens (tertiary/aromatic N) is 2. The second-order valence-electron chi connectivity index (χ2n) is 6.61. The van der Waals surface area contributed by atoms with Crippen molar-refractivity contribution < 1.29 is 19.2 Å². The fraction of sp³-hybridized carbons (Fsp3) is 0.182. The molecule has 0 spiro atoms. The van der Waals surface area contributed by atoms with E-state index in [0.29, 0.717) is 13.1 Å². The maximum absolute atomic E-state index is 13.1. The molecule has 30 heavy (non-hydrogen) atoms. The minimum Gasteiger partial charge on any atom is -0.448 e. The fourth-order valence-electron chi connectivity index (χ4n) is 2.88. The fourth-order valence-corrected chi connectivity index (χ4v) is 3.58. The van der Waals surface area contributed by atoms with E-state index in [0.717, 1.165) is 22.5 Å². The molecule has 0 radical (unpaired) electrons. The summed E-state index contributed by atoms with van der Waals surface area (Å²) >= 11 is 0.718. The first-order chi connectivity index (χ1) is 14.4. The number of ether oxygens (including phenoxy) is 1. The van der Waals surface area contributed by atoms with Gasteiger partial charge < -0.3 is 9.64 Å². The Morgan fingerprint density at radius 1 is 0.967 bits per heavy atom. The summed E-state index contributed by atoms with van der Waals surface area (Å²) < 4.78 is 5.31. The molecule has 0 saturated carbocycles. The van der Waals surface area contributed by atoms with Gasteiger partial charge in [-0.15, -0.1) is 0 Å². The highest BCUT2D eigenvalue weighted by atomic mass is 32.1. The van der Waals surface area contributed by atoms with Gasteiger partial charge in [-0.1, -0.05) is 72.0 Å². The van der Waals surface area contributed by atoms with Crippen LogP contribution < -0.4 is 0 Å². The van der Waals surface area contributed by atoms with Crippen molar-refractivity contribution in [1.82, 2.24) is 4.90 Å². The van der Waals surface area contributed by atoms with Gasteiger partial charge in [0, 0.05) is 19.2 Å². The smallest absolute Gasteiger partial charge is 0.349 e. The number of hydrogen-bond donors (Lipinski definition) is 0. The van der Waals surface area contributed by atoms with Crippen LogP contribution >= 0.6 is 11.3 Å². The SMILES string of the molecule is C[C@H](OC(=O)c1ccc([N+](=O)[O-])s1)C(=O)N(Cc1ccccc1)Cc1ccccc1. The lowest BCUT2D eigenvalue weighted by Crippen LogP contribution is -2.39. The molecule has 7 nitrogen and oxygen atoms in total. The van der Waals surface area contributed by atoms with Gasteiger partial charge in [-0.2, -0.15) is 0 Å². The second kappa shape index (κ2) is 9.80. The van der Waals surface area contributed by atoms with E-state index in [1.165, 1.54) is 19.1 Å². The summed E-state index contributed by atoms with van der Waals surface area (Å²) in [5.41, 5.74) is 1.91. The summed E-state index contributed by atoms with van der Waals surface area (Å²) in [6.45, 7) is 2.23. The summed E-state index contributed by atoms with van der Waals surface area (Å²) in [5.74, 6) is -1.10. The highest BCUT2D eigenvalue weighted by Gasteiger charge is 2.26. The zero-order valence-electron chi connectivity index (χ0n) is 16.3. The Kier molecular flexibility index (Phi) is 6.92. The molecular formula is C22H20N2O5S. The monoisotopic (exact) mass is 424 g/mol. The predicted molar refractivity (Wildman–Crippen MR) is 113 cm³/mol. The first kappa shape index (κ1) is 21.2. The van der Waals surface area contributed by atoms with Crippen LogP contribution in [0.25, 0.3) is 0 Å². The van der Waals surface area contributed by atoms with Crippen LogP contribution in [0, 0.1) is 10.1 Å². The zero-order valence-corrected chi connectivity index (χ0v) is 17.1. The normalized spacial score (nSPS) is 11.5. The molecule has 0 N–H and O–H groups in total. The van der Waals surface area contributed by atoms with E-state index >= 15 is 0 Å². The van der Waals surface area contributed by atoms with Crippen LogP contribution in [0.15, 0.2) is 72.8 Å². The Bertz CT molecular complexity index is 979. The highest BCUT2D eigenvalue weighted by molar-refractivity contribution is 7.17. The van der Waals surface area contributed by atoms with Crippen LogP contribution in [0.1, 0.15) is 27.7 Å². The van der Waals surface area contributed by atoms with Gasteiger partial charge in [0.15, 0.2) is 6.10 Å². The lowest BCUT2D eigenvalue weighted by molar-refractivity contribution is -0.380. The van der Waals surface area contributed by atoms with Gasteiger partial charge in [0.2, 0.25) is 0 Å². The van der Waals surface area contributed by atoms with Crippen molar-refractivity contribution in [2.45, 2.75) is 26.1 Å². The van der Waals surface area contributed by atoms with Crippen molar-refractivity contribution >= 4 is 28.2 Å². The first-order valence-electron chi connectivity index (χ1n) is 9.26. The third kappa shape index (κ3) is 5.51. The maximum atomic E-state index is 13.1. The molecule has 0 bridgehead atoms. The van der Waals surface area contributed by atoms with Gasteiger partial charge in [0.25, 0.3) is 5.91 Å². The summed E-state index contributed by atoms with van der Waals surface area (Å²) in [6.07, 6.45) is -1.04. The zero-order chi connectivity index (χ0) is 21.5. The number of esters is 1. The van der Waals surface area contributed by atoms with Gasteiger partial charge in [-0.05, 0) is 24.1 Å². The van der Waals surface area contributed by atoms with Crippen molar-refractivity contribution in [1.29, 1.82) is 0 Å². The average molecular weight is 424 g/mol. The Hall–Kier alpha value is -3.52. The number of carbonyl (C=O) groups is 2. The van der Waals surface area contributed by atoms with Crippen molar-refractivity contribution in [2.75, 3.05) is 0 Å². The van der Waals surface area contributed by atoms with Crippen molar-refractivity contribution in [3.63, 3.8) is 0 Å². The molecule has 0 saturated heterocycles. The van der Waals surface area contributed by atoms with E-state index in [-0.39, 0.29) is 15.8 Å². The van der Waals surface area contributed by atoms with Crippen LogP contribution in [-0.4, -0.2) is 27.8 Å². The molecule has 1 amide bonds. The van der Waals surface area contributed by atoms with E-state index < -0.39 is 17.0 Å². The van der Waals surface area contributed by atoms with E-state index in [1.807, 2.05) is 60.7 Å². The van der Waals surface area contributed by atoms with E-state index in [1.54, 1.807) is 4.90 Å². The Labute approximate surface area is 177 Å². The Morgan fingerprint density at radius 2 is 1.50 bits per heavy atom. The van der Waals surface area contributed by atoms with Gasteiger partial charge in [-0.25, -0.2) is 4.79 Å². The molecular weight excluding hydrogens is 404 g/mol. The van der Waals surface area contributed by atoms with Gasteiger partial charge in [0.1, 0.15) is 4.88 Å². The minimum atomic E-state index is -1.04. The molecule has 1 atom stereocenters. The number of amides is 1. The van der Waals surface area contributed by atoms with Crippen LogP contribution in [-0.2, 0) is 22.6 Å². The number of rotatable bonds is 8. The Morgan fingerprint density at radius 3 is 1.97 bits per heavy atom. The molecule has 1 heterocycles. The molecule has 0 unspecified atom stereocenters. The van der Waals surface area contributed by atoms with E-state index in [2.05, 4.69) is 0 Å². The van der Waals surface area contributed by atoms with Crippen LogP contribution in [0.3, 0.4) is 0 Å². The first-order valence-corrected chi connectivity index (χ1v) is 10.1. The van der Waals surface area contributed by atoms with E-state index in [9.17, 15) is 19.7 Å². The second-order valence-corrected chi connectivity index (χ2v) is 7.67. The number of carbonyl (C=O) groups excluding carboxylic acids is 2. The number of hydrogen-bond acceptors (Lipinski definition) is 6. The quantitative estimate of drug-likeness (QED) is 0.303. The summed E-state index contributed by atoms with van der Waals surface area (Å²) in [6, 6.07) is 21.6. The van der Waals surface area contributed by atoms with Crippen molar-refractivity contribution in [2.24, 2.45) is 0 Å². The molecule has 0 aliphatic heterocycles. The lowest BCUT2D eigenvalue weighted by atomic mass is 10.1. The lowest BCUT2D eigenvalue weighted by Gasteiger charge is -2.26.